The summed E-state index contributed by atoms with van der Waals surface area (Å²) in [4.78, 5) is 14.0. The molecular weight excluding hydrogens is 353 g/mol. The fourth-order valence-electron chi connectivity index (χ4n) is 1.98. The third kappa shape index (κ3) is 2.64. The molecule has 18 heavy (non-hydrogen) atoms. The lowest BCUT2D eigenvalue weighted by Crippen LogP contribution is -2.52. The Morgan fingerprint density at radius 1 is 1.44 bits per heavy atom. The highest BCUT2D eigenvalue weighted by atomic mass is 127. The van der Waals surface area contributed by atoms with Crippen molar-refractivity contribution < 1.29 is 13.6 Å². The highest BCUT2D eigenvalue weighted by Gasteiger charge is 2.26. The van der Waals surface area contributed by atoms with E-state index in [1.165, 1.54) is 0 Å². The van der Waals surface area contributed by atoms with Gasteiger partial charge in [0.15, 0.2) is 11.6 Å². The number of amides is 1. The van der Waals surface area contributed by atoms with E-state index >= 15 is 0 Å². The summed E-state index contributed by atoms with van der Waals surface area (Å²) in [6.07, 6.45) is 0. The Balaban J connectivity index is 2.30. The van der Waals surface area contributed by atoms with Gasteiger partial charge in [-0.1, -0.05) is 0 Å². The van der Waals surface area contributed by atoms with Crippen LogP contribution in [0.25, 0.3) is 0 Å². The Morgan fingerprint density at radius 2 is 2.11 bits per heavy atom. The van der Waals surface area contributed by atoms with E-state index in [2.05, 4.69) is 5.32 Å². The molecule has 0 unspecified atom stereocenters. The molecule has 1 aromatic rings. The minimum Gasteiger partial charge on any atom is -0.333 e. The van der Waals surface area contributed by atoms with Crippen LogP contribution in [0.3, 0.4) is 0 Å². The van der Waals surface area contributed by atoms with Crippen LogP contribution in [0.1, 0.15) is 17.3 Å². The van der Waals surface area contributed by atoms with Crippen LogP contribution in [0.15, 0.2) is 12.1 Å². The van der Waals surface area contributed by atoms with Crippen LogP contribution in [0.2, 0.25) is 0 Å². The Labute approximate surface area is 118 Å². The van der Waals surface area contributed by atoms with Gasteiger partial charge in [-0.05, 0) is 41.6 Å². The van der Waals surface area contributed by atoms with Crippen molar-refractivity contribution in [3.63, 3.8) is 0 Å². The molecule has 1 amide bonds. The van der Waals surface area contributed by atoms with Crippen LogP contribution in [0, 0.1) is 15.2 Å². The first-order valence-electron chi connectivity index (χ1n) is 5.67. The van der Waals surface area contributed by atoms with Crippen molar-refractivity contribution in [2.75, 3.05) is 19.6 Å². The highest BCUT2D eigenvalue weighted by Crippen LogP contribution is 2.20. The lowest BCUT2D eigenvalue weighted by molar-refractivity contribution is 0.0654. The number of benzene rings is 1. The molecule has 1 aliphatic rings. The molecule has 1 aliphatic heterocycles. The van der Waals surface area contributed by atoms with E-state index in [1.807, 2.05) is 29.5 Å². The molecule has 1 atom stereocenters. The topological polar surface area (TPSA) is 32.3 Å². The summed E-state index contributed by atoms with van der Waals surface area (Å²) >= 11 is 1.85. The summed E-state index contributed by atoms with van der Waals surface area (Å²) in [7, 11) is 0. The van der Waals surface area contributed by atoms with E-state index in [9.17, 15) is 13.6 Å². The Kier molecular flexibility index (Phi) is 4.16. The van der Waals surface area contributed by atoms with Crippen LogP contribution >= 0.6 is 22.6 Å². The molecule has 1 saturated heterocycles. The third-order valence-corrected chi connectivity index (χ3v) is 3.90. The molecule has 1 N–H and O–H groups in total. The maximum absolute atomic E-state index is 13.2. The quantitative estimate of drug-likeness (QED) is 0.609. The van der Waals surface area contributed by atoms with E-state index in [-0.39, 0.29) is 17.5 Å². The summed E-state index contributed by atoms with van der Waals surface area (Å²) in [6.45, 7) is 3.94. The zero-order valence-corrected chi connectivity index (χ0v) is 12.0. The van der Waals surface area contributed by atoms with E-state index in [1.54, 1.807) is 4.90 Å². The monoisotopic (exact) mass is 366 g/mol. The Morgan fingerprint density at radius 3 is 2.78 bits per heavy atom. The average molecular weight is 366 g/mol. The second kappa shape index (κ2) is 5.48. The molecule has 0 aliphatic carbocycles. The van der Waals surface area contributed by atoms with E-state index < -0.39 is 11.6 Å². The molecule has 1 fully saturated rings. The molecule has 0 aromatic heterocycles. The van der Waals surface area contributed by atoms with Crippen molar-refractivity contribution >= 4 is 28.5 Å². The van der Waals surface area contributed by atoms with E-state index in [0.717, 1.165) is 18.7 Å². The average Bonchev–Trinajstić information content (AvgIpc) is 2.33. The first-order valence-corrected chi connectivity index (χ1v) is 6.75. The number of piperazine rings is 1. The summed E-state index contributed by atoms with van der Waals surface area (Å²) < 4.78 is 26.7. The molecule has 0 saturated carbocycles. The maximum Gasteiger partial charge on any atom is 0.255 e. The van der Waals surface area contributed by atoms with E-state index in [0.29, 0.717) is 16.7 Å². The van der Waals surface area contributed by atoms with Gasteiger partial charge < -0.3 is 10.2 Å². The molecule has 2 rings (SSSR count). The highest BCUT2D eigenvalue weighted by molar-refractivity contribution is 14.1. The first-order chi connectivity index (χ1) is 8.50. The fraction of sp³-hybridized carbons (Fsp3) is 0.417. The SMILES string of the molecule is C[C@@H]1CNCCN1C(=O)c1cc(F)c(F)cc1I. The van der Waals surface area contributed by atoms with Gasteiger partial charge in [0.05, 0.1) is 5.56 Å². The summed E-state index contributed by atoms with van der Waals surface area (Å²) in [5.41, 5.74) is 0.225. The number of hydrogen-bond donors (Lipinski definition) is 1. The number of hydrogen-bond acceptors (Lipinski definition) is 2. The van der Waals surface area contributed by atoms with Crippen molar-refractivity contribution in [2.45, 2.75) is 13.0 Å². The molecule has 1 aromatic carbocycles. The third-order valence-electron chi connectivity index (χ3n) is 3.00. The zero-order valence-electron chi connectivity index (χ0n) is 9.84. The predicted octanol–water partition coefficient (Wildman–Crippen LogP) is 2.00. The normalized spacial score (nSPS) is 20.0. The first kappa shape index (κ1) is 13.7. The summed E-state index contributed by atoms with van der Waals surface area (Å²) in [5.74, 6) is -2.15. The van der Waals surface area contributed by atoms with Gasteiger partial charge >= 0.3 is 0 Å². The zero-order chi connectivity index (χ0) is 13.3. The van der Waals surface area contributed by atoms with Crippen LogP contribution in [-0.4, -0.2) is 36.5 Å². The van der Waals surface area contributed by atoms with Gasteiger partial charge in [0, 0.05) is 29.2 Å². The molecule has 0 spiro atoms. The second-order valence-corrected chi connectivity index (χ2v) is 5.46. The second-order valence-electron chi connectivity index (χ2n) is 4.30. The minimum absolute atomic E-state index is 0.0511. The summed E-state index contributed by atoms with van der Waals surface area (Å²) in [5, 5.41) is 3.18. The lowest BCUT2D eigenvalue weighted by Gasteiger charge is -2.34. The number of halogens is 3. The van der Waals surface area contributed by atoms with Gasteiger partial charge in [0.1, 0.15) is 0 Å². The smallest absolute Gasteiger partial charge is 0.255 e. The van der Waals surface area contributed by atoms with Crippen LogP contribution in [0.5, 0.6) is 0 Å². The van der Waals surface area contributed by atoms with Gasteiger partial charge in [-0.15, -0.1) is 0 Å². The number of nitrogens with zero attached hydrogens (tertiary/aromatic N) is 1. The number of carbonyl (C=O) groups excluding carboxylic acids is 1. The van der Waals surface area contributed by atoms with Gasteiger partial charge in [-0.2, -0.15) is 0 Å². The van der Waals surface area contributed by atoms with Crippen LogP contribution in [0.4, 0.5) is 8.78 Å². The van der Waals surface area contributed by atoms with Gasteiger partial charge in [0.2, 0.25) is 0 Å². The molecule has 6 heteroatoms. The minimum atomic E-state index is -0.985. The standard InChI is InChI=1S/C12H13F2IN2O/c1-7-6-16-2-3-17(7)12(18)8-4-9(13)10(14)5-11(8)15/h4-5,7,16H,2-3,6H2,1H3/t7-/m1/s1. The van der Waals surface area contributed by atoms with Gasteiger partial charge in [0.25, 0.3) is 5.91 Å². The van der Waals surface area contributed by atoms with Crippen LogP contribution in [-0.2, 0) is 0 Å². The molecule has 0 bridgehead atoms. The lowest BCUT2D eigenvalue weighted by atomic mass is 10.1. The van der Waals surface area contributed by atoms with Gasteiger partial charge in [-0.25, -0.2) is 8.78 Å². The fourth-order valence-corrected chi connectivity index (χ4v) is 2.64. The molecule has 98 valence electrons. The van der Waals surface area contributed by atoms with E-state index in [4.69, 9.17) is 0 Å². The molecule has 0 radical (unpaired) electrons. The predicted molar refractivity (Wildman–Crippen MR) is 72.4 cm³/mol. The number of nitrogens with one attached hydrogen (secondary N) is 1. The van der Waals surface area contributed by atoms with Crippen molar-refractivity contribution in [3.05, 3.63) is 32.9 Å². The van der Waals surface area contributed by atoms with Crippen molar-refractivity contribution in [1.29, 1.82) is 0 Å². The summed E-state index contributed by atoms with van der Waals surface area (Å²) in [6, 6.07) is 2.08. The van der Waals surface area contributed by atoms with Crippen molar-refractivity contribution in [1.82, 2.24) is 10.2 Å². The Bertz CT molecular complexity index is 481. The van der Waals surface area contributed by atoms with Gasteiger partial charge in [-0.3, -0.25) is 4.79 Å². The molecular formula is C12H13F2IN2O. The Hall–Kier alpha value is -0.760. The maximum atomic E-state index is 13.2. The largest absolute Gasteiger partial charge is 0.333 e. The number of rotatable bonds is 1. The van der Waals surface area contributed by atoms with Crippen LogP contribution < -0.4 is 5.32 Å². The van der Waals surface area contributed by atoms with Crippen molar-refractivity contribution in [2.24, 2.45) is 0 Å². The van der Waals surface area contributed by atoms with Crippen molar-refractivity contribution in [3.8, 4) is 0 Å². The molecule has 3 nitrogen and oxygen atoms in total. The molecule has 1 heterocycles. The number of carbonyl (C=O) groups is 1.